The number of methoxy groups -OCH3 is 1. The molecule has 1 aromatic rings. The van der Waals surface area contributed by atoms with E-state index in [-0.39, 0.29) is 12.4 Å². The number of aliphatic hydroxyl groups excluding tert-OH is 2. The summed E-state index contributed by atoms with van der Waals surface area (Å²) in [5.41, 5.74) is 5.03. The summed E-state index contributed by atoms with van der Waals surface area (Å²) < 4.78 is 11.7. The second kappa shape index (κ2) is 4.98. The molecule has 9 nitrogen and oxygen atoms in total. The average molecular weight is 258 g/mol. The van der Waals surface area contributed by atoms with Gasteiger partial charge in [-0.15, -0.1) is 5.10 Å². The lowest BCUT2D eigenvalue weighted by Gasteiger charge is -2.18. The number of hydrogen-bond donors (Lipinski definition) is 3. The van der Waals surface area contributed by atoms with Gasteiger partial charge in [0.1, 0.15) is 24.6 Å². The molecule has 18 heavy (non-hydrogen) atoms. The van der Waals surface area contributed by atoms with Crippen LogP contribution in [0.2, 0.25) is 0 Å². The van der Waals surface area contributed by atoms with E-state index in [0.717, 1.165) is 0 Å². The maximum Gasteiger partial charge on any atom is 0.288 e. The molecule has 0 radical (unpaired) electrons. The van der Waals surface area contributed by atoms with Crippen LogP contribution in [0, 0.1) is 0 Å². The molecule has 0 spiro atoms. The summed E-state index contributed by atoms with van der Waals surface area (Å²) >= 11 is 0. The number of ether oxygens (including phenoxy) is 2. The van der Waals surface area contributed by atoms with Crippen molar-refractivity contribution in [1.82, 2.24) is 14.8 Å². The van der Waals surface area contributed by atoms with Crippen molar-refractivity contribution in [3.05, 3.63) is 12.2 Å². The van der Waals surface area contributed by atoms with Gasteiger partial charge in [-0.2, -0.15) is 0 Å². The predicted octanol–water partition coefficient (Wildman–Crippen LogP) is -2.36. The monoisotopic (exact) mass is 258 g/mol. The molecule has 4 atom stereocenters. The van der Waals surface area contributed by atoms with Crippen LogP contribution in [0.5, 0.6) is 0 Å². The highest BCUT2D eigenvalue weighted by Crippen LogP contribution is 2.30. The van der Waals surface area contributed by atoms with Crippen molar-refractivity contribution in [3.63, 3.8) is 0 Å². The molecule has 1 unspecified atom stereocenters. The SMILES string of the molecule is CO[C@H]1C(O)[C@@H](CO)O[C@H]1n1cnc(C(N)=O)n1. The van der Waals surface area contributed by atoms with Gasteiger partial charge in [0.25, 0.3) is 5.91 Å². The Morgan fingerprint density at radius 1 is 1.72 bits per heavy atom. The van der Waals surface area contributed by atoms with Crippen LogP contribution in [0.25, 0.3) is 0 Å². The minimum atomic E-state index is -0.994. The number of amides is 1. The van der Waals surface area contributed by atoms with Crippen LogP contribution in [0.15, 0.2) is 6.33 Å². The van der Waals surface area contributed by atoms with Crippen LogP contribution >= 0.6 is 0 Å². The summed E-state index contributed by atoms with van der Waals surface area (Å²) in [5.74, 6) is -0.921. The third-order valence-corrected chi connectivity index (χ3v) is 2.75. The molecule has 0 aromatic carbocycles. The van der Waals surface area contributed by atoms with Crippen molar-refractivity contribution in [2.24, 2.45) is 5.73 Å². The Kier molecular flexibility index (Phi) is 3.57. The second-order valence-corrected chi connectivity index (χ2v) is 3.85. The van der Waals surface area contributed by atoms with Crippen molar-refractivity contribution in [1.29, 1.82) is 0 Å². The standard InChI is InChI=1S/C9H14N4O5/c1-17-6-5(15)4(2-14)18-9(6)13-3-11-8(12-13)7(10)16/h3-6,9,14-15H,2H2,1H3,(H2,10,16)/t4-,5?,6+,9-/m1/s1. The number of nitrogens with two attached hydrogens (primary N) is 1. The lowest BCUT2D eigenvalue weighted by Crippen LogP contribution is -2.34. The summed E-state index contributed by atoms with van der Waals surface area (Å²) in [4.78, 5) is 14.6. The molecule has 0 bridgehead atoms. The molecular formula is C9H14N4O5. The highest BCUT2D eigenvalue weighted by atomic mass is 16.6. The van der Waals surface area contributed by atoms with Crippen LogP contribution in [0.4, 0.5) is 0 Å². The number of primary amides is 1. The van der Waals surface area contributed by atoms with Gasteiger partial charge in [-0.25, -0.2) is 9.67 Å². The molecule has 4 N–H and O–H groups in total. The van der Waals surface area contributed by atoms with Gasteiger partial charge < -0.3 is 25.4 Å². The molecule has 1 saturated heterocycles. The Labute approximate surface area is 102 Å². The summed E-state index contributed by atoms with van der Waals surface area (Å²) in [6.45, 7) is -0.352. The van der Waals surface area contributed by atoms with Gasteiger partial charge in [0.15, 0.2) is 6.23 Å². The Bertz CT molecular complexity index is 436. The van der Waals surface area contributed by atoms with E-state index >= 15 is 0 Å². The first-order valence-electron chi connectivity index (χ1n) is 5.26. The van der Waals surface area contributed by atoms with Gasteiger partial charge in [-0.3, -0.25) is 4.79 Å². The Morgan fingerprint density at radius 3 is 2.94 bits per heavy atom. The zero-order valence-corrected chi connectivity index (χ0v) is 9.63. The van der Waals surface area contributed by atoms with Crippen molar-refractivity contribution in [2.45, 2.75) is 24.5 Å². The normalized spacial score (nSPS) is 31.7. The van der Waals surface area contributed by atoms with Crippen LogP contribution in [-0.2, 0) is 9.47 Å². The average Bonchev–Trinajstić information content (AvgIpc) is 2.93. The summed E-state index contributed by atoms with van der Waals surface area (Å²) in [7, 11) is 1.40. The molecule has 100 valence electrons. The van der Waals surface area contributed by atoms with E-state index in [1.165, 1.54) is 18.1 Å². The lowest BCUT2D eigenvalue weighted by atomic mass is 10.1. The summed E-state index contributed by atoms with van der Waals surface area (Å²) in [6.07, 6.45) is -2.01. The van der Waals surface area contributed by atoms with E-state index in [0.29, 0.717) is 0 Å². The molecule has 1 aliphatic rings. The van der Waals surface area contributed by atoms with E-state index in [1.807, 2.05) is 0 Å². The number of rotatable bonds is 4. The Balaban J connectivity index is 2.23. The molecule has 1 aliphatic heterocycles. The van der Waals surface area contributed by atoms with Crippen molar-refractivity contribution >= 4 is 5.91 Å². The number of aromatic nitrogens is 3. The Morgan fingerprint density at radius 2 is 2.44 bits per heavy atom. The molecule has 1 fully saturated rings. The third-order valence-electron chi connectivity index (χ3n) is 2.75. The van der Waals surface area contributed by atoms with Crippen LogP contribution < -0.4 is 5.73 Å². The third kappa shape index (κ3) is 2.08. The molecule has 9 heteroatoms. The van der Waals surface area contributed by atoms with Gasteiger partial charge in [-0.1, -0.05) is 0 Å². The smallest absolute Gasteiger partial charge is 0.288 e. The largest absolute Gasteiger partial charge is 0.394 e. The van der Waals surface area contributed by atoms with Crippen LogP contribution in [0.1, 0.15) is 16.8 Å². The number of aliphatic hydroxyl groups is 2. The first-order chi connectivity index (χ1) is 8.58. The maximum absolute atomic E-state index is 10.9. The number of carbonyl (C=O) groups is 1. The molecule has 2 rings (SSSR count). The molecule has 0 aliphatic carbocycles. The zero-order chi connectivity index (χ0) is 13.3. The fourth-order valence-electron chi connectivity index (χ4n) is 1.85. The minimum absolute atomic E-state index is 0.157. The highest BCUT2D eigenvalue weighted by Gasteiger charge is 2.45. The first-order valence-corrected chi connectivity index (χ1v) is 5.26. The van der Waals surface area contributed by atoms with Gasteiger partial charge >= 0.3 is 0 Å². The number of carbonyl (C=O) groups excluding carboxylic acids is 1. The van der Waals surface area contributed by atoms with E-state index in [2.05, 4.69) is 10.1 Å². The van der Waals surface area contributed by atoms with Crippen molar-refractivity contribution in [2.75, 3.05) is 13.7 Å². The van der Waals surface area contributed by atoms with Crippen LogP contribution in [0.3, 0.4) is 0 Å². The molecule has 1 amide bonds. The van der Waals surface area contributed by atoms with Crippen LogP contribution in [-0.4, -0.2) is 62.9 Å². The van der Waals surface area contributed by atoms with Gasteiger partial charge in [0.2, 0.25) is 5.82 Å². The van der Waals surface area contributed by atoms with Gasteiger partial charge in [-0.05, 0) is 0 Å². The Hall–Kier alpha value is -1.55. The first kappa shape index (κ1) is 12.9. The molecule has 1 aromatic heterocycles. The minimum Gasteiger partial charge on any atom is -0.394 e. The van der Waals surface area contributed by atoms with Gasteiger partial charge in [0.05, 0.1) is 6.61 Å². The summed E-state index contributed by atoms with van der Waals surface area (Å²) in [5, 5.41) is 22.7. The maximum atomic E-state index is 10.9. The second-order valence-electron chi connectivity index (χ2n) is 3.85. The molecule has 2 heterocycles. The fourth-order valence-corrected chi connectivity index (χ4v) is 1.85. The zero-order valence-electron chi connectivity index (χ0n) is 9.63. The lowest BCUT2D eigenvalue weighted by molar-refractivity contribution is -0.0666. The molecule has 0 saturated carbocycles. The quantitative estimate of drug-likeness (QED) is 0.550. The predicted molar refractivity (Wildman–Crippen MR) is 56.3 cm³/mol. The topological polar surface area (TPSA) is 133 Å². The molecular weight excluding hydrogens is 244 g/mol. The number of hydrogen-bond acceptors (Lipinski definition) is 7. The van der Waals surface area contributed by atoms with Crippen molar-refractivity contribution in [3.8, 4) is 0 Å². The van der Waals surface area contributed by atoms with E-state index in [4.69, 9.17) is 20.3 Å². The summed E-state index contributed by atoms with van der Waals surface area (Å²) in [6, 6.07) is 0. The number of nitrogens with zero attached hydrogens (tertiary/aromatic N) is 3. The highest BCUT2D eigenvalue weighted by molar-refractivity contribution is 5.88. The van der Waals surface area contributed by atoms with E-state index in [1.54, 1.807) is 0 Å². The van der Waals surface area contributed by atoms with E-state index in [9.17, 15) is 9.90 Å². The van der Waals surface area contributed by atoms with Crippen molar-refractivity contribution < 1.29 is 24.5 Å². The fraction of sp³-hybridized carbons (Fsp3) is 0.667. The van der Waals surface area contributed by atoms with E-state index < -0.39 is 30.4 Å². The van der Waals surface area contributed by atoms with Gasteiger partial charge in [0, 0.05) is 7.11 Å².